The third kappa shape index (κ3) is 2.69. The molecular weight excluding hydrogens is 279 g/mol. The summed E-state index contributed by atoms with van der Waals surface area (Å²) in [5.41, 5.74) is -0.136. The molecule has 0 amide bonds. The maximum atomic E-state index is 10.9. The minimum Gasteiger partial charge on any atom is -0.477 e. The number of rotatable bonds is 3. The lowest BCUT2D eigenvalue weighted by molar-refractivity contribution is 0.0693. The quantitative estimate of drug-likeness (QED) is 0.936. The van der Waals surface area contributed by atoms with Crippen LogP contribution in [0.4, 0.5) is 0 Å². The molecule has 0 saturated heterocycles. The first kappa shape index (κ1) is 12.6. The Morgan fingerprint density at radius 3 is 2.72 bits per heavy atom. The summed E-state index contributed by atoms with van der Waals surface area (Å²) in [6, 6.07) is 4.57. The summed E-state index contributed by atoms with van der Waals surface area (Å²) in [6.45, 7) is 0. The van der Waals surface area contributed by atoms with Gasteiger partial charge in [0, 0.05) is 12.3 Å². The lowest BCUT2D eigenvalue weighted by atomic mass is 10.3. The summed E-state index contributed by atoms with van der Waals surface area (Å²) in [4.78, 5) is 18.3. The van der Waals surface area contributed by atoms with Crippen LogP contribution in [0.5, 0.6) is 11.6 Å². The minimum atomic E-state index is -1.18. The van der Waals surface area contributed by atoms with E-state index in [1.807, 2.05) is 0 Å². The van der Waals surface area contributed by atoms with Crippen molar-refractivity contribution >= 4 is 29.2 Å². The number of aromatic carboxylic acids is 1. The van der Waals surface area contributed by atoms with Crippen molar-refractivity contribution in [3.63, 3.8) is 0 Å². The number of carboxylic acid groups (broad SMARTS) is 1. The van der Waals surface area contributed by atoms with Crippen LogP contribution in [0.2, 0.25) is 10.0 Å². The lowest BCUT2D eigenvalue weighted by Gasteiger charge is -2.07. The Labute approximate surface area is 112 Å². The zero-order valence-corrected chi connectivity index (χ0v) is 10.3. The molecule has 0 aliphatic carbocycles. The van der Waals surface area contributed by atoms with Crippen molar-refractivity contribution in [2.75, 3.05) is 0 Å². The summed E-state index contributed by atoms with van der Waals surface area (Å²) in [7, 11) is 0. The van der Waals surface area contributed by atoms with Gasteiger partial charge in [-0.3, -0.25) is 0 Å². The first-order valence-electron chi connectivity index (χ1n) is 4.74. The molecule has 0 spiro atoms. The van der Waals surface area contributed by atoms with Crippen molar-refractivity contribution in [1.29, 1.82) is 0 Å². The Kier molecular flexibility index (Phi) is 3.64. The van der Waals surface area contributed by atoms with Crippen LogP contribution in [0.25, 0.3) is 0 Å². The summed E-state index contributed by atoms with van der Waals surface area (Å²) >= 11 is 11.6. The number of aromatic nitrogens is 2. The molecule has 0 aliphatic rings. The second kappa shape index (κ2) is 5.20. The largest absolute Gasteiger partial charge is 0.477 e. The highest BCUT2D eigenvalue weighted by molar-refractivity contribution is 6.42. The molecule has 2 rings (SSSR count). The van der Waals surface area contributed by atoms with E-state index in [0.717, 1.165) is 6.20 Å². The smallest absolute Gasteiger partial charge is 0.342 e. The Bertz CT molecular complexity index is 605. The van der Waals surface area contributed by atoms with E-state index in [0.29, 0.717) is 15.8 Å². The molecule has 92 valence electrons. The van der Waals surface area contributed by atoms with Crippen LogP contribution in [0, 0.1) is 0 Å². The van der Waals surface area contributed by atoms with Gasteiger partial charge in [0.25, 0.3) is 0 Å². The van der Waals surface area contributed by atoms with Crippen molar-refractivity contribution < 1.29 is 14.6 Å². The van der Waals surface area contributed by atoms with Crippen molar-refractivity contribution in [3.05, 3.63) is 46.3 Å². The van der Waals surface area contributed by atoms with Gasteiger partial charge in [-0.25, -0.2) is 14.8 Å². The molecule has 0 fully saturated rings. The maximum absolute atomic E-state index is 10.9. The van der Waals surface area contributed by atoms with Crippen molar-refractivity contribution in [3.8, 4) is 11.6 Å². The van der Waals surface area contributed by atoms with E-state index in [-0.39, 0.29) is 11.4 Å². The SMILES string of the molecule is O=C(O)c1cncnc1Oc1ccc(Cl)c(Cl)c1. The van der Waals surface area contributed by atoms with E-state index in [9.17, 15) is 4.79 Å². The molecule has 1 N–H and O–H groups in total. The predicted octanol–water partition coefficient (Wildman–Crippen LogP) is 3.27. The summed E-state index contributed by atoms with van der Waals surface area (Å²) < 4.78 is 5.33. The fraction of sp³-hybridized carbons (Fsp3) is 0. The van der Waals surface area contributed by atoms with Crippen LogP contribution < -0.4 is 4.74 Å². The molecule has 1 heterocycles. The average Bonchev–Trinajstić information content (AvgIpc) is 2.34. The second-order valence-corrected chi connectivity index (χ2v) is 4.04. The highest BCUT2D eigenvalue weighted by Gasteiger charge is 2.13. The number of nitrogens with zero attached hydrogens (tertiary/aromatic N) is 2. The third-order valence-corrected chi connectivity index (χ3v) is 2.75. The van der Waals surface area contributed by atoms with Crippen LogP contribution in [0.3, 0.4) is 0 Å². The minimum absolute atomic E-state index is 0.0594. The molecule has 0 atom stereocenters. The summed E-state index contributed by atoms with van der Waals surface area (Å²) in [5, 5.41) is 9.62. The summed E-state index contributed by atoms with van der Waals surface area (Å²) in [6.07, 6.45) is 2.35. The van der Waals surface area contributed by atoms with Gasteiger partial charge in [0.1, 0.15) is 17.6 Å². The van der Waals surface area contributed by atoms with Crippen LogP contribution >= 0.6 is 23.2 Å². The van der Waals surface area contributed by atoms with Gasteiger partial charge in [-0.2, -0.15) is 0 Å². The van der Waals surface area contributed by atoms with E-state index in [1.54, 1.807) is 12.1 Å². The molecule has 0 aliphatic heterocycles. The Morgan fingerprint density at radius 1 is 1.28 bits per heavy atom. The molecule has 2 aromatic rings. The first-order chi connectivity index (χ1) is 8.58. The molecule has 0 unspecified atom stereocenters. The standard InChI is InChI=1S/C11H6Cl2N2O3/c12-8-2-1-6(3-9(8)13)18-10-7(11(16)17)4-14-5-15-10/h1-5H,(H,16,17). The fourth-order valence-corrected chi connectivity index (χ4v) is 1.49. The highest BCUT2D eigenvalue weighted by atomic mass is 35.5. The number of ether oxygens (including phenoxy) is 1. The van der Waals surface area contributed by atoms with Crippen molar-refractivity contribution in [1.82, 2.24) is 9.97 Å². The molecule has 1 aromatic heterocycles. The second-order valence-electron chi connectivity index (χ2n) is 3.22. The Morgan fingerprint density at radius 2 is 2.06 bits per heavy atom. The van der Waals surface area contributed by atoms with Gasteiger partial charge in [0.05, 0.1) is 10.0 Å². The first-order valence-corrected chi connectivity index (χ1v) is 5.49. The number of carbonyl (C=O) groups is 1. The van der Waals surface area contributed by atoms with Gasteiger partial charge < -0.3 is 9.84 Å². The molecule has 0 saturated carbocycles. The lowest BCUT2D eigenvalue weighted by Crippen LogP contribution is -2.02. The third-order valence-electron chi connectivity index (χ3n) is 2.01. The zero-order valence-electron chi connectivity index (χ0n) is 8.80. The van der Waals surface area contributed by atoms with Gasteiger partial charge in [0.2, 0.25) is 5.88 Å². The zero-order chi connectivity index (χ0) is 13.1. The Hall–Kier alpha value is -1.85. The number of carboxylic acids is 1. The van der Waals surface area contributed by atoms with E-state index in [1.165, 1.54) is 12.4 Å². The molecule has 0 bridgehead atoms. The molecular formula is C11H6Cl2N2O3. The number of hydrogen-bond acceptors (Lipinski definition) is 4. The number of hydrogen-bond donors (Lipinski definition) is 1. The van der Waals surface area contributed by atoms with Crippen molar-refractivity contribution in [2.45, 2.75) is 0 Å². The fourth-order valence-electron chi connectivity index (χ4n) is 1.20. The van der Waals surface area contributed by atoms with Gasteiger partial charge in [-0.05, 0) is 12.1 Å². The van der Waals surface area contributed by atoms with E-state index >= 15 is 0 Å². The summed E-state index contributed by atoms with van der Waals surface area (Å²) in [5.74, 6) is -0.896. The van der Waals surface area contributed by atoms with Crippen molar-refractivity contribution in [2.24, 2.45) is 0 Å². The topological polar surface area (TPSA) is 72.3 Å². The van der Waals surface area contributed by atoms with E-state index < -0.39 is 5.97 Å². The predicted molar refractivity (Wildman–Crippen MR) is 65.5 cm³/mol. The van der Waals surface area contributed by atoms with Gasteiger partial charge in [-0.15, -0.1) is 0 Å². The molecule has 1 aromatic carbocycles. The monoisotopic (exact) mass is 284 g/mol. The van der Waals surface area contributed by atoms with Crippen LogP contribution in [-0.2, 0) is 0 Å². The normalized spacial score (nSPS) is 10.1. The maximum Gasteiger partial charge on any atom is 0.342 e. The molecule has 0 radical (unpaired) electrons. The average molecular weight is 285 g/mol. The van der Waals surface area contributed by atoms with Gasteiger partial charge >= 0.3 is 5.97 Å². The van der Waals surface area contributed by atoms with E-state index in [4.69, 9.17) is 33.0 Å². The van der Waals surface area contributed by atoms with Crippen LogP contribution in [0.15, 0.2) is 30.7 Å². The molecule has 5 nitrogen and oxygen atoms in total. The van der Waals surface area contributed by atoms with Gasteiger partial charge in [-0.1, -0.05) is 23.2 Å². The molecule has 7 heteroatoms. The Balaban J connectivity index is 2.34. The van der Waals surface area contributed by atoms with Gasteiger partial charge in [0.15, 0.2) is 0 Å². The number of halogens is 2. The van der Waals surface area contributed by atoms with Crippen LogP contribution in [-0.4, -0.2) is 21.0 Å². The van der Waals surface area contributed by atoms with E-state index in [2.05, 4.69) is 9.97 Å². The highest BCUT2D eigenvalue weighted by Crippen LogP contribution is 2.29. The van der Waals surface area contributed by atoms with Crippen LogP contribution in [0.1, 0.15) is 10.4 Å². The number of benzene rings is 1. The molecule has 18 heavy (non-hydrogen) atoms.